The molecule has 0 radical (unpaired) electrons. The van der Waals surface area contributed by atoms with Gasteiger partial charge < -0.3 is 9.30 Å². The lowest BCUT2D eigenvalue weighted by molar-refractivity contribution is 0.0599. The number of methoxy groups -OCH3 is 1. The topological polar surface area (TPSA) is 31.2 Å². The van der Waals surface area contributed by atoms with Crippen molar-refractivity contribution in [2.24, 2.45) is 7.05 Å². The van der Waals surface area contributed by atoms with E-state index in [0.29, 0.717) is 10.2 Å². The van der Waals surface area contributed by atoms with Crippen molar-refractivity contribution in [2.45, 2.75) is 0 Å². The summed E-state index contributed by atoms with van der Waals surface area (Å²) in [5, 5.41) is 0. The highest BCUT2D eigenvalue weighted by molar-refractivity contribution is 7.71. The Hall–Kier alpha value is -1.16. The first-order chi connectivity index (χ1) is 5.66. The van der Waals surface area contributed by atoms with E-state index in [2.05, 4.69) is 4.74 Å². The van der Waals surface area contributed by atoms with Gasteiger partial charge in [-0.1, -0.05) is 12.2 Å². The molecule has 0 aromatic carbocycles. The van der Waals surface area contributed by atoms with E-state index in [9.17, 15) is 4.79 Å². The lowest BCUT2D eigenvalue weighted by atomic mass is 10.3. The molecule has 1 rings (SSSR count). The summed E-state index contributed by atoms with van der Waals surface area (Å²) < 4.78 is 6.74. The summed E-state index contributed by atoms with van der Waals surface area (Å²) in [5.41, 5.74) is 0.428. The molecule has 0 aliphatic rings. The summed E-state index contributed by atoms with van der Waals surface area (Å²) in [7, 11) is 3.12. The van der Waals surface area contributed by atoms with Crippen LogP contribution in [0.2, 0.25) is 0 Å². The largest absolute Gasteiger partial charge is 0.465 e. The number of aromatic nitrogens is 1. The predicted molar refractivity (Wildman–Crippen MR) is 47.6 cm³/mol. The van der Waals surface area contributed by atoms with Crippen LogP contribution < -0.4 is 0 Å². The minimum absolute atomic E-state index is 0.392. The molecule has 3 nitrogen and oxygen atoms in total. The Balaban J connectivity index is 3.26. The van der Waals surface area contributed by atoms with Crippen LogP contribution in [0.5, 0.6) is 0 Å². The number of aryl methyl sites for hydroxylation is 1. The smallest absolute Gasteiger partial charge is 0.340 e. The van der Waals surface area contributed by atoms with E-state index in [1.165, 1.54) is 7.11 Å². The molecule has 0 aliphatic carbocycles. The molecule has 0 fully saturated rings. The molecule has 0 amide bonds. The highest BCUT2D eigenvalue weighted by Crippen LogP contribution is 2.03. The zero-order valence-corrected chi connectivity index (χ0v) is 7.72. The summed E-state index contributed by atoms with van der Waals surface area (Å²) in [5.74, 6) is -0.392. The molecule has 1 heterocycles. The van der Waals surface area contributed by atoms with Crippen molar-refractivity contribution in [2.75, 3.05) is 7.11 Å². The first kappa shape index (κ1) is 8.93. The zero-order valence-electron chi connectivity index (χ0n) is 6.90. The fraction of sp³-hybridized carbons (Fsp3) is 0.250. The van der Waals surface area contributed by atoms with Gasteiger partial charge in [-0.3, -0.25) is 0 Å². The van der Waals surface area contributed by atoms with E-state index >= 15 is 0 Å². The summed E-state index contributed by atoms with van der Waals surface area (Å²) in [6, 6.07) is 3.40. The number of nitrogens with zero attached hydrogens (tertiary/aromatic N) is 1. The Morgan fingerprint density at radius 3 is 2.92 bits per heavy atom. The first-order valence-electron chi connectivity index (χ1n) is 3.40. The quantitative estimate of drug-likeness (QED) is 0.489. The van der Waals surface area contributed by atoms with Gasteiger partial charge in [-0.2, -0.15) is 0 Å². The van der Waals surface area contributed by atoms with Crippen LogP contribution >= 0.6 is 12.2 Å². The Morgan fingerprint density at radius 2 is 2.33 bits per heavy atom. The van der Waals surface area contributed by atoms with Crippen LogP contribution in [0.4, 0.5) is 0 Å². The normalized spacial score (nSPS) is 9.50. The highest BCUT2D eigenvalue weighted by atomic mass is 32.1. The van der Waals surface area contributed by atoms with Gasteiger partial charge in [0.15, 0.2) is 0 Å². The maximum Gasteiger partial charge on any atom is 0.340 e. The molecule has 0 atom stereocenters. The van der Waals surface area contributed by atoms with Crippen LogP contribution in [0, 0.1) is 4.64 Å². The summed E-state index contributed by atoms with van der Waals surface area (Å²) >= 11 is 5.00. The van der Waals surface area contributed by atoms with Crippen molar-refractivity contribution in [3.8, 4) is 0 Å². The highest BCUT2D eigenvalue weighted by Gasteiger charge is 2.06. The monoisotopic (exact) mass is 183 g/mol. The lowest BCUT2D eigenvalue weighted by Crippen LogP contribution is -2.05. The molecule has 0 saturated carbocycles. The molecule has 0 saturated heterocycles. The second-order valence-corrected chi connectivity index (χ2v) is 2.72. The van der Waals surface area contributed by atoms with Crippen molar-refractivity contribution in [1.29, 1.82) is 0 Å². The molecule has 0 unspecified atom stereocenters. The Kier molecular flexibility index (Phi) is 2.60. The van der Waals surface area contributed by atoms with Gasteiger partial charge in [-0.05, 0) is 12.1 Å². The van der Waals surface area contributed by atoms with Crippen molar-refractivity contribution < 1.29 is 9.53 Å². The Bertz CT molecular complexity index is 356. The fourth-order valence-electron chi connectivity index (χ4n) is 0.863. The number of carbonyl (C=O) groups is 1. The van der Waals surface area contributed by atoms with E-state index in [-0.39, 0.29) is 0 Å². The molecule has 0 aliphatic heterocycles. The number of ether oxygens (including phenoxy) is 1. The van der Waals surface area contributed by atoms with Gasteiger partial charge in [0.2, 0.25) is 0 Å². The molecule has 4 heteroatoms. The number of hydrogen-bond donors (Lipinski definition) is 0. The number of esters is 1. The summed E-state index contributed by atoms with van der Waals surface area (Å²) in [6.45, 7) is 0. The maximum atomic E-state index is 11.1. The van der Waals surface area contributed by atoms with Crippen LogP contribution in [0.1, 0.15) is 10.4 Å². The lowest BCUT2D eigenvalue weighted by Gasteiger charge is -2.02. The second kappa shape index (κ2) is 3.49. The van der Waals surface area contributed by atoms with Gasteiger partial charge in [0.25, 0.3) is 0 Å². The molecule has 0 spiro atoms. The summed E-state index contributed by atoms with van der Waals surface area (Å²) in [6.07, 6.45) is 1.79. The maximum absolute atomic E-state index is 11.1. The van der Waals surface area contributed by atoms with Crippen LogP contribution in [-0.2, 0) is 11.8 Å². The van der Waals surface area contributed by atoms with Gasteiger partial charge in [-0.15, -0.1) is 0 Å². The van der Waals surface area contributed by atoms with Crippen LogP contribution in [0.25, 0.3) is 0 Å². The Morgan fingerprint density at radius 1 is 1.67 bits per heavy atom. The number of pyridine rings is 1. The number of carbonyl (C=O) groups excluding carboxylic acids is 1. The third-order valence-electron chi connectivity index (χ3n) is 1.53. The molecule has 1 aromatic heterocycles. The number of rotatable bonds is 1. The van der Waals surface area contributed by atoms with E-state index in [4.69, 9.17) is 12.2 Å². The van der Waals surface area contributed by atoms with Gasteiger partial charge in [-0.25, -0.2) is 4.79 Å². The first-order valence-corrected chi connectivity index (χ1v) is 3.81. The molecule has 0 bridgehead atoms. The van der Waals surface area contributed by atoms with Crippen molar-refractivity contribution in [3.05, 3.63) is 28.5 Å². The van der Waals surface area contributed by atoms with Gasteiger partial charge in [0, 0.05) is 13.2 Å². The van der Waals surface area contributed by atoms with Crippen molar-refractivity contribution in [1.82, 2.24) is 4.57 Å². The molecule has 12 heavy (non-hydrogen) atoms. The predicted octanol–water partition coefficient (Wildman–Crippen LogP) is 1.54. The molecule has 0 N–H and O–H groups in total. The minimum Gasteiger partial charge on any atom is -0.465 e. The third kappa shape index (κ3) is 1.53. The van der Waals surface area contributed by atoms with E-state index in [1.807, 2.05) is 0 Å². The Labute approximate surface area is 75.6 Å². The van der Waals surface area contributed by atoms with Gasteiger partial charge >= 0.3 is 5.97 Å². The molecular weight excluding hydrogens is 174 g/mol. The fourth-order valence-corrected chi connectivity index (χ4v) is 1.07. The van der Waals surface area contributed by atoms with E-state index in [1.54, 1.807) is 29.9 Å². The van der Waals surface area contributed by atoms with Crippen LogP contribution in [0.3, 0.4) is 0 Å². The van der Waals surface area contributed by atoms with Gasteiger partial charge in [0.05, 0.1) is 12.7 Å². The second-order valence-electron chi connectivity index (χ2n) is 2.33. The average Bonchev–Trinajstić information content (AvgIpc) is 2.08. The standard InChI is InChI=1S/C8H9NO2S/c1-9-5-3-4-6(7(9)12)8(10)11-2/h3-5H,1-2H3. The minimum atomic E-state index is -0.392. The van der Waals surface area contributed by atoms with E-state index in [0.717, 1.165) is 0 Å². The van der Waals surface area contributed by atoms with Crippen molar-refractivity contribution >= 4 is 18.2 Å². The average molecular weight is 183 g/mol. The van der Waals surface area contributed by atoms with Crippen molar-refractivity contribution in [3.63, 3.8) is 0 Å². The zero-order chi connectivity index (χ0) is 9.14. The van der Waals surface area contributed by atoms with Gasteiger partial charge in [0.1, 0.15) is 4.64 Å². The summed E-state index contributed by atoms with van der Waals surface area (Å²) in [4.78, 5) is 11.1. The molecule has 64 valence electrons. The molecule has 1 aromatic rings. The van der Waals surface area contributed by atoms with Crippen LogP contribution in [0.15, 0.2) is 18.3 Å². The SMILES string of the molecule is COC(=O)c1cccn(C)c1=S. The third-order valence-corrected chi connectivity index (χ3v) is 2.04. The van der Waals surface area contributed by atoms with E-state index < -0.39 is 5.97 Å². The van der Waals surface area contributed by atoms with Crippen LogP contribution in [-0.4, -0.2) is 17.6 Å². The number of hydrogen-bond acceptors (Lipinski definition) is 3. The molecular formula is C8H9NO2S.